The van der Waals surface area contributed by atoms with Crippen molar-refractivity contribution in [2.45, 2.75) is 52.0 Å². The summed E-state index contributed by atoms with van der Waals surface area (Å²) in [5.41, 5.74) is 2.66. The molecule has 0 saturated carbocycles. The summed E-state index contributed by atoms with van der Waals surface area (Å²) < 4.78 is 5.82. The monoisotopic (exact) mass is 353 g/mol. The smallest absolute Gasteiger partial charge is 0.162 e. The van der Waals surface area contributed by atoms with Crippen molar-refractivity contribution in [2.75, 3.05) is 11.9 Å². The third kappa shape index (κ3) is 5.18. The molecule has 0 aliphatic rings. The van der Waals surface area contributed by atoms with E-state index in [4.69, 9.17) is 4.74 Å². The summed E-state index contributed by atoms with van der Waals surface area (Å²) in [6, 6.07) is 8.20. The van der Waals surface area contributed by atoms with Gasteiger partial charge in [-0.1, -0.05) is 51.2 Å². The second-order valence-corrected chi connectivity index (χ2v) is 6.44. The molecule has 6 nitrogen and oxygen atoms in total. The average Bonchev–Trinajstić information content (AvgIpc) is 3.16. The van der Waals surface area contributed by atoms with E-state index in [0.717, 1.165) is 35.8 Å². The molecule has 6 heteroatoms. The minimum atomic E-state index is 0.677. The topological polar surface area (TPSA) is 75.7 Å². The fourth-order valence-corrected chi connectivity index (χ4v) is 2.86. The summed E-state index contributed by atoms with van der Waals surface area (Å²) in [7, 11) is 0. The van der Waals surface area contributed by atoms with E-state index in [0.29, 0.717) is 6.54 Å². The first kappa shape index (κ1) is 18.2. The number of rotatable bonds is 11. The number of benzene rings is 1. The van der Waals surface area contributed by atoms with E-state index in [9.17, 15) is 0 Å². The van der Waals surface area contributed by atoms with Crippen LogP contribution in [0.4, 0.5) is 5.82 Å². The summed E-state index contributed by atoms with van der Waals surface area (Å²) in [6.45, 7) is 3.71. The maximum atomic E-state index is 5.82. The Labute approximate surface area is 154 Å². The number of imidazole rings is 1. The minimum absolute atomic E-state index is 0.677. The van der Waals surface area contributed by atoms with Gasteiger partial charge < -0.3 is 15.0 Å². The van der Waals surface area contributed by atoms with Crippen molar-refractivity contribution in [1.82, 2.24) is 19.9 Å². The van der Waals surface area contributed by atoms with Crippen molar-refractivity contribution < 1.29 is 4.74 Å². The molecule has 0 aliphatic carbocycles. The maximum absolute atomic E-state index is 5.82. The number of aromatic amines is 1. The number of ether oxygens (including phenoxy) is 1. The minimum Gasteiger partial charge on any atom is -0.494 e. The summed E-state index contributed by atoms with van der Waals surface area (Å²) in [5, 5.41) is 3.31. The van der Waals surface area contributed by atoms with Gasteiger partial charge >= 0.3 is 0 Å². The number of nitrogens with zero attached hydrogens (tertiary/aromatic N) is 3. The molecular weight excluding hydrogens is 326 g/mol. The van der Waals surface area contributed by atoms with Gasteiger partial charge in [-0.15, -0.1) is 0 Å². The lowest BCUT2D eigenvalue weighted by Gasteiger charge is -2.09. The first-order valence-corrected chi connectivity index (χ1v) is 9.46. The van der Waals surface area contributed by atoms with E-state index in [2.05, 4.69) is 44.3 Å². The van der Waals surface area contributed by atoms with Crippen molar-refractivity contribution >= 4 is 17.0 Å². The van der Waals surface area contributed by atoms with Crippen LogP contribution in [0.2, 0.25) is 0 Å². The molecule has 2 aromatic heterocycles. The Balaban J connectivity index is 1.41. The number of hydrogen-bond acceptors (Lipinski definition) is 5. The summed E-state index contributed by atoms with van der Waals surface area (Å²) in [6.07, 6.45) is 10.8. The predicted molar refractivity (Wildman–Crippen MR) is 104 cm³/mol. The molecule has 0 atom stereocenters. The Bertz CT molecular complexity index is 784. The van der Waals surface area contributed by atoms with Crippen LogP contribution in [-0.4, -0.2) is 26.5 Å². The molecule has 0 radical (unpaired) electrons. The largest absolute Gasteiger partial charge is 0.494 e. The molecule has 0 spiro atoms. The predicted octanol–water partition coefficient (Wildman–Crippen LogP) is 4.70. The van der Waals surface area contributed by atoms with Crippen molar-refractivity contribution in [3.05, 3.63) is 42.5 Å². The zero-order valence-corrected chi connectivity index (χ0v) is 15.4. The first-order valence-electron chi connectivity index (χ1n) is 9.46. The lowest BCUT2D eigenvalue weighted by Crippen LogP contribution is -2.03. The molecule has 0 fully saturated rings. The molecule has 26 heavy (non-hydrogen) atoms. The van der Waals surface area contributed by atoms with Crippen LogP contribution in [0.3, 0.4) is 0 Å². The van der Waals surface area contributed by atoms with Crippen LogP contribution in [0.15, 0.2) is 36.9 Å². The van der Waals surface area contributed by atoms with Crippen molar-refractivity contribution in [1.29, 1.82) is 0 Å². The normalized spacial score (nSPS) is 11.0. The third-order valence-corrected chi connectivity index (χ3v) is 4.37. The van der Waals surface area contributed by atoms with Gasteiger partial charge in [-0.3, -0.25) is 0 Å². The van der Waals surface area contributed by atoms with Crippen molar-refractivity contribution in [3.8, 4) is 5.75 Å². The van der Waals surface area contributed by atoms with Gasteiger partial charge in [-0.25, -0.2) is 15.0 Å². The van der Waals surface area contributed by atoms with Gasteiger partial charge in [-0.2, -0.15) is 0 Å². The first-order chi connectivity index (χ1) is 12.9. The van der Waals surface area contributed by atoms with E-state index < -0.39 is 0 Å². The van der Waals surface area contributed by atoms with Crippen LogP contribution in [0, 0.1) is 0 Å². The molecule has 0 aliphatic heterocycles. The molecule has 0 amide bonds. The molecular formula is C20H27N5O. The second kappa shape index (κ2) is 9.75. The highest BCUT2D eigenvalue weighted by atomic mass is 16.5. The van der Waals surface area contributed by atoms with Crippen molar-refractivity contribution in [2.24, 2.45) is 0 Å². The number of hydrogen-bond donors (Lipinski definition) is 2. The Morgan fingerprint density at radius 3 is 2.62 bits per heavy atom. The van der Waals surface area contributed by atoms with E-state index in [1.807, 2.05) is 12.1 Å². The van der Waals surface area contributed by atoms with E-state index in [-0.39, 0.29) is 0 Å². The van der Waals surface area contributed by atoms with E-state index in [1.165, 1.54) is 44.0 Å². The molecule has 2 N–H and O–H groups in total. The van der Waals surface area contributed by atoms with Crippen molar-refractivity contribution in [3.63, 3.8) is 0 Å². The highest BCUT2D eigenvalue weighted by Gasteiger charge is 2.05. The molecule has 138 valence electrons. The van der Waals surface area contributed by atoms with Gasteiger partial charge in [0.2, 0.25) is 0 Å². The van der Waals surface area contributed by atoms with Crippen LogP contribution in [0.5, 0.6) is 5.75 Å². The fourth-order valence-electron chi connectivity index (χ4n) is 2.86. The van der Waals surface area contributed by atoms with Crippen LogP contribution in [-0.2, 0) is 6.54 Å². The fraction of sp³-hybridized carbons (Fsp3) is 0.450. The summed E-state index contributed by atoms with van der Waals surface area (Å²) in [5.74, 6) is 1.67. The number of fused-ring (bicyclic) bond motifs is 1. The standard InChI is InChI=1S/C20H27N5O/c1-2-3-4-5-6-7-12-26-17-10-8-16(9-11-17)13-21-19-18-20(23-14-22-18)25-15-24-19/h8-11,14-15H,2-7,12-13H2,1H3,(H2,21,22,23,24,25). The molecule has 3 aromatic rings. The number of unbranched alkanes of at least 4 members (excludes halogenated alkanes) is 5. The zero-order chi connectivity index (χ0) is 18.0. The second-order valence-electron chi connectivity index (χ2n) is 6.44. The highest BCUT2D eigenvalue weighted by Crippen LogP contribution is 2.17. The van der Waals surface area contributed by atoms with Gasteiger partial charge in [0.1, 0.15) is 17.6 Å². The van der Waals surface area contributed by atoms with E-state index in [1.54, 1.807) is 6.33 Å². The summed E-state index contributed by atoms with van der Waals surface area (Å²) in [4.78, 5) is 15.6. The molecule has 1 aromatic carbocycles. The number of aromatic nitrogens is 4. The van der Waals surface area contributed by atoms with Gasteiger partial charge in [0.15, 0.2) is 11.5 Å². The van der Waals surface area contributed by atoms with Crippen LogP contribution < -0.4 is 10.1 Å². The van der Waals surface area contributed by atoms with Gasteiger partial charge in [0, 0.05) is 6.54 Å². The quantitative estimate of drug-likeness (QED) is 0.489. The van der Waals surface area contributed by atoms with Crippen LogP contribution >= 0.6 is 0 Å². The zero-order valence-electron chi connectivity index (χ0n) is 15.4. The Morgan fingerprint density at radius 2 is 1.77 bits per heavy atom. The molecule has 0 bridgehead atoms. The Kier molecular flexibility index (Phi) is 6.81. The molecule has 0 unspecified atom stereocenters. The van der Waals surface area contributed by atoms with Gasteiger partial charge in [0.25, 0.3) is 0 Å². The van der Waals surface area contributed by atoms with Crippen LogP contribution in [0.25, 0.3) is 11.2 Å². The highest BCUT2D eigenvalue weighted by molar-refractivity contribution is 5.81. The van der Waals surface area contributed by atoms with Gasteiger partial charge in [-0.05, 0) is 24.1 Å². The Morgan fingerprint density at radius 1 is 0.962 bits per heavy atom. The average molecular weight is 353 g/mol. The Hall–Kier alpha value is -2.63. The van der Waals surface area contributed by atoms with E-state index >= 15 is 0 Å². The maximum Gasteiger partial charge on any atom is 0.162 e. The third-order valence-electron chi connectivity index (χ3n) is 4.37. The molecule has 2 heterocycles. The number of H-pyrrole nitrogens is 1. The summed E-state index contributed by atoms with van der Waals surface area (Å²) >= 11 is 0. The molecule has 0 saturated heterocycles. The molecule has 3 rings (SSSR count). The number of anilines is 1. The van der Waals surface area contributed by atoms with Gasteiger partial charge in [0.05, 0.1) is 12.9 Å². The lowest BCUT2D eigenvalue weighted by molar-refractivity contribution is 0.304. The number of nitrogens with one attached hydrogen (secondary N) is 2. The lowest BCUT2D eigenvalue weighted by atomic mass is 10.1. The SMILES string of the molecule is CCCCCCCCOc1ccc(CNc2ncnc3[nH]cnc23)cc1. The van der Waals surface area contributed by atoms with Crippen LogP contribution in [0.1, 0.15) is 51.0 Å².